The third-order valence-corrected chi connectivity index (χ3v) is 3.89. The minimum Gasteiger partial charge on any atom is -0.486 e. The number of aryl methyl sites for hydroxylation is 2. The van der Waals surface area contributed by atoms with Crippen LogP contribution in [0, 0.1) is 20.8 Å². The number of carbonyl (C=O) groups excluding carboxylic acids is 1. The molecule has 22 heavy (non-hydrogen) atoms. The fraction of sp³-hybridized carbons (Fsp3) is 0.350. The fourth-order valence-corrected chi connectivity index (χ4v) is 2.37. The highest BCUT2D eigenvalue weighted by Crippen LogP contribution is 2.30. The third kappa shape index (κ3) is 4.20. The molecule has 2 nitrogen and oxygen atoms in total. The first-order valence-corrected chi connectivity index (χ1v) is 7.46. The minimum absolute atomic E-state index is 0.0714. The Morgan fingerprint density at radius 2 is 1.68 bits per heavy atom. The molecule has 0 saturated carbocycles. The molecule has 0 saturated heterocycles. The summed E-state index contributed by atoms with van der Waals surface area (Å²) in [7, 11) is 0. The number of hydrogen-bond acceptors (Lipinski definition) is 2. The van der Waals surface area contributed by atoms with E-state index in [1.165, 1.54) is 29.2 Å². The third-order valence-electron chi connectivity index (χ3n) is 3.89. The normalized spacial score (nSPS) is 12.7. The molecule has 0 aromatic heterocycles. The molecule has 1 rings (SSSR count). The van der Waals surface area contributed by atoms with E-state index >= 15 is 0 Å². The van der Waals surface area contributed by atoms with E-state index in [0.717, 1.165) is 5.57 Å². The molecule has 0 heterocycles. The molecule has 0 spiro atoms. The van der Waals surface area contributed by atoms with Crippen molar-refractivity contribution in [2.75, 3.05) is 0 Å². The zero-order chi connectivity index (χ0) is 17.0. The van der Waals surface area contributed by atoms with Gasteiger partial charge in [-0.15, -0.1) is 0 Å². The van der Waals surface area contributed by atoms with E-state index in [2.05, 4.69) is 46.1 Å². The van der Waals surface area contributed by atoms with Gasteiger partial charge in [-0.1, -0.05) is 25.3 Å². The van der Waals surface area contributed by atoms with Gasteiger partial charge in [0, 0.05) is 5.57 Å². The van der Waals surface area contributed by atoms with Crippen LogP contribution in [-0.2, 0) is 9.53 Å². The summed E-state index contributed by atoms with van der Waals surface area (Å²) >= 11 is 0. The zero-order valence-corrected chi connectivity index (χ0v) is 14.5. The molecule has 0 amide bonds. The summed E-state index contributed by atoms with van der Waals surface area (Å²) in [4.78, 5) is 11.4. The van der Waals surface area contributed by atoms with Gasteiger partial charge in [-0.2, -0.15) is 0 Å². The predicted molar refractivity (Wildman–Crippen MR) is 92.9 cm³/mol. The van der Waals surface area contributed by atoms with Crippen molar-refractivity contribution in [2.45, 2.75) is 47.6 Å². The van der Waals surface area contributed by atoms with Gasteiger partial charge in [0.05, 0.1) is 0 Å². The van der Waals surface area contributed by atoms with Gasteiger partial charge < -0.3 is 4.74 Å². The second-order valence-corrected chi connectivity index (χ2v) is 5.87. The van der Waals surface area contributed by atoms with E-state index in [4.69, 9.17) is 4.74 Å². The van der Waals surface area contributed by atoms with E-state index in [1.807, 2.05) is 13.8 Å². The van der Waals surface area contributed by atoms with Crippen LogP contribution >= 0.6 is 0 Å². The van der Waals surface area contributed by atoms with Gasteiger partial charge in [0.2, 0.25) is 0 Å². The van der Waals surface area contributed by atoms with Gasteiger partial charge >= 0.3 is 0 Å². The standard InChI is InChI=1S/C20H26O2/c1-12(2)19(11-15(5)17(7)21)22-18(8)20-14(4)10-9-13(3)16(20)6/h9-11,18H,1,5H2,2-4,6-8H3/b19-11+. The average Bonchev–Trinajstić information content (AvgIpc) is 2.42. The number of benzene rings is 1. The first kappa shape index (κ1) is 18.0. The van der Waals surface area contributed by atoms with Gasteiger partial charge in [0.15, 0.2) is 5.78 Å². The smallest absolute Gasteiger partial charge is 0.159 e. The summed E-state index contributed by atoms with van der Waals surface area (Å²) in [5, 5.41) is 0. The molecule has 0 aliphatic rings. The van der Waals surface area contributed by atoms with Crippen molar-refractivity contribution in [1.82, 2.24) is 0 Å². The quantitative estimate of drug-likeness (QED) is 0.405. The summed E-state index contributed by atoms with van der Waals surface area (Å²) in [5.74, 6) is 0.533. The number of hydrogen-bond donors (Lipinski definition) is 0. The first-order valence-electron chi connectivity index (χ1n) is 7.46. The monoisotopic (exact) mass is 298 g/mol. The number of Topliss-reactive ketones (excluding diaryl/α,β-unsaturated/α-hetero) is 1. The highest BCUT2D eigenvalue weighted by Gasteiger charge is 2.16. The molecule has 1 aromatic rings. The molecule has 0 aliphatic heterocycles. The molecule has 118 valence electrons. The summed E-state index contributed by atoms with van der Waals surface area (Å²) in [6.45, 7) is 19.3. The van der Waals surface area contributed by atoms with Crippen LogP contribution in [0.25, 0.3) is 0 Å². The highest BCUT2D eigenvalue weighted by molar-refractivity contribution is 5.95. The average molecular weight is 298 g/mol. The van der Waals surface area contributed by atoms with E-state index in [9.17, 15) is 4.79 Å². The molecular weight excluding hydrogens is 272 g/mol. The van der Waals surface area contributed by atoms with Crippen LogP contribution in [0.4, 0.5) is 0 Å². The molecule has 2 heteroatoms. The first-order chi connectivity index (χ1) is 10.1. The molecule has 1 atom stereocenters. The molecule has 0 aliphatic carbocycles. The number of allylic oxidation sites excluding steroid dienone is 3. The molecule has 0 N–H and O–H groups in total. The van der Waals surface area contributed by atoms with Crippen LogP contribution < -0.4 is 0 Å². The fourth-order valence-electron chi connectivity index (χ4n) is 2.37. The zero-order valence-electron chi connectivity index (χ0n) is 14.5. The van der Waals surface area contributed by atoms with Crippen molar-refractivity contribution in [2.24, 2.45) is 0 Å². The van der Waals surface area contributed by atoms with E-state index in [1.54, 1.807) is 6.08 Å². The Morgan fingerprint density at radius 1 is 1.14 bits per heavy atom. The van der Waals surface area contributed by atoms with Crippen molar-refractivity contribution >= 4 is 5.78 Å². The molecule has 1 unspecified atom stereocenters. The molecule has 0 radical (unpaired) electrons. The number of rotatable bonds is 6. The second kappa shape index (κ2) is 7.26. The van der Waals surface area contributed by atoms with Gasteiger partial charge in [-0.3, -0.25) is 4.79 Å². The van der Waals surface area contributed by atoms with E-state index in [-0.39, 0.29) is 11.9 Å². The number of ketones is 1. The van der Waals surface area contributed by atoms with Gasteiger partial charge in [0.25, 0.3) is 0 Å². The lowest BCUT2D eigenvalue weighted by atomic mass is 9.95. The second-order valence-electron chi connectivity index (χ2n) is 5.87. The van der Waals surface area contributed by atoms with Gasteiger partial charge in [-0.05, 0) is 75.4 Å². The van der Waals surface area contributed by atoms with Gasteiger partial charge in [0.1, 0.15) is 11.9 Å². The van der Waals surface area contributed by atoms with Crippen molar-refractivity contribution in [3.8, 4) is 0 Å². The lowest BCUT2D eigenvalue weighted by Gasteiger charge is -2.22. The molecule has 1 aromatic carbocycles. The number of ether oxygens (including phenoxy) is 1. The topological polar surface area (TPSA) is 26.3 Å². The SMILES string of the molecule is C=C(/C=C(/OC(C)c1c(C)ccc(C)c1C)C(=C)C)C(C)=O. The van der Waals surface area contributed by atoms with Crippen LogP contribution in [0.15, 0.2) is 48.3 Å². The Bertz CT molecular complexity index is 648. The van der Waals surface area contributed by atoms with Crippen LogP contribution in [0.2, 0.25) is 0 Å². The van der Waals surface area contributed by atoms with Crippen molar-refractivity contribution < 1.29 is 9.53 Å². The molecule has 0 fully saturated rings. The molecular formula is C20H26O2. The minimum atomic E-state index is -0.123. The Morgan fingerprint density at radius 3 is 2.18 bits per heavy atom. The summed E-state index contributed by atoms with van der Waals surface area (Å²) in [6, 6.07) is 4.23. The van der Waals surface area contributed by atoms with Gasteiger partial charge in [-0.25, -0.2) is 0 Å². The Kier molecular flexibility index (Phi) is 5.92. The van der Waals surface area contributed by atoms with Crippen molar-refractivity contribution in [3.05, 3.63) is 70.5 Å². The van der Waals surface area contributed by atoms with Crippen LogP contribution in [-0.4, -0.2) is 5.78 Å². The van der Waals surface area contributed by atoms with Crippen molar-refractivity contribution in [3.63, 3.8) is 0 Å². The predicted octanol–water partition coefficient (Wildman–Crippen LogP) is 5.29. The summed E-state index contributed by atoms with van der Waals surface area (Å²) in [5.41, 5.74) is 6.05. The maximum Gasteiger partial charge on any atom is 0.159 e. The van der Waals surface area contributed by atoms with E-state index in [0.29, 0.717) is 11.3 Å². The maximum absolute atomic E-state index is 11.4. The molecule has 0 bridgehead atoms. The largest absolute Gasteiger partial charge is 0.486 e. The van der Waals surface area contributed by atoms with Crippen LogP contribution in [0.5, 0.6) is 0 Å². The lowest BCUT2D eigenvalue weighted by molar-refractivity contribution is -0.113. The van der Waals surface area contributed by atoms with Crippen molar-refractivity contribution in [1.29, 1.82) is 0 Å². The summed E-state index contributed by atoms with van der Waals surface area (Å²) in [6.07, 6.45) is 1.55. The summed E-state index contributed by atoms with van der Waals surface area (Å²) < 4.78 is 6.08. The Balaban J connectivity index is 3.16. The highest BCUT2D eigenvalue weighted by atomic mass is 16.5. The lowest BCUT2D eigenvalue weighted by Crippen LogP contribution is -2.07. The van der Waals surface area contributed by atoms with E-state index < -0.39 is 0 Å². The Labute approximate surface area is 134 Å². The van der Waals surface area contributed by atoms with Crippen LogP contribution in [0.3, 0.4) is 0 Å². The number of carbonyl (C=O) groups is 1. The maximum atomic E-state index is 11.4. The van der Waals surface area contributed by atoms with Crippen LogP contribution in [0.1, 0.15) is 49.1 Å². The Hall–Kier alpha value is -2.09.